The maximum absolute atomic E-state index is 12.3. The Morgan fingerprint density at radius 2 is 1.56 bits per heavy atom. The third-order valence-corrected chi connectivity index (χ3v) is 4.39. The standard InChI is InChI=1S/C16H12F3NO5/c17-16(18,19)25-9-3-1-8(2-4-9)7-23-20-14(21)12-10-5-6-11(24-10)13(12)15(20)22/h1-6,10-13H,7H2/t10-,11-,12-,13+/m0/s1. The molecule has 0 N–H and O–H groups in total. The summed E-state index contributed by atoms with van der Waals surface area (Å²) in [6.07, 6.45) is -2.04. The van der Waals surface area contributed by atoms with Crippen LogP contribution in [-0.4, -0.2) is 35.4 Å². The van der Waals surface area contributed by atoms with Gasteiger partial charge in [-0.15, -0.1) is 13.2 Å². The number of benzene rings is 1. The first kappa shape index (κ1) is 16.1. The van der Waals surface area contributed by atoms with Gasteiger partial charge in [0.1, 0.15) is 12.4 Å². The van der Waals surface area contributed by atoms with E-state index in [4.69, 9.17) is 9.57 Å². The van der Waals surface area contributed by atoms with E-state index in [0.717, 1.165) is 17.2 Å². The average molecular weight is 355 g/mol. The van der Waals surface area contributed by atoms with Gasteiger partial charge in [-0.3, -0.25) is 14.4 Å². The van der Waals surface area contributed by atoms with Crippen LogP contribution < -0.4 is 4.74 Å². The molecule has 3 aliphatic rings. The van der Waals surface area contributed by atoms with E-state index in [1.807, 2.05) is 0 Å². The smallest absolute Gasteiger partial charge is 0.406 e. The van der Waals surface area contributed by atoms with Crippen molar-refractivity contribution in [3.05, 3.63) is 42.0 Å². The number of hydrogen-bond donors (Lipinski definition) is 0. The summed E-state index contributed by atoms with van der Waals surface area (Å²) in [7, 11) is 0. The number of nitrogens with zero attached hydrogens (tertiary/aromatic N) is 1. The quantitative estimate of drug-likeness (QED) is 0.610. The van der Waals surface area contributed by atoms with Gasteiger partial charge in [0.05, 0.1) is 24.0 Å². The highest BCUT2D eigenvalue weighted by atomic mass is 19.4. The number of carbonyl (C=O) groups is 2. The van der Waals surface area contributed by atoms with Crippen molar-refractivity contribution in [3.8, 4) is 5.75 Å². The lowest BCUT2D eigenvalue weighted by Gasteiger charge is -2.17. The minimum absolute atomic E-state index is 0.132. The van der Waals surface area contributed by atoms with E-state index in [1.165, 1.54) is 12.1 Å². The Kier molecular flexibility index (Phi) is 3.58. The van der Waals surface area contributed by atoms with E-state index in [2.05, 4.69) is 4.74 Å². The molecule has 3 heterocycles. The van der Waals surface area contributed by atoms with Gasteiger partial charge in [-0.05, 0) is 17.7 Å². The fourth-order valence-corrected chi connectivity index (χ4v) is 3.33. The number of hydrogen-bond acceptors (Lipinski definition) is 5. The van der Waals surface area contributed by atoms with Crippen molar-refractivity contribution in [2.24, 2.45) is 11.8 Å². The zero-order valence-electron chi connectivity index (χ0n) is 12.6. The number of imide groups is 1. The van der Waals surface area contributed by atoms with E-state index in [9.17, 15) is 22.8 Å². The van der Waals surface area contributed by atoms with E-state index in [-0.39, 0.29) is 12.4 Å². The van der Waals surface area contributed by atoms with Crippen LogP contribution in [0.3, 0.4) is 0 Å². The second kappa shape index (κ2) is 5.57. The van der Waals surface area contributed by atoms with Crippen molar-refractivity contribution < 1.29 is 37.1 Å². The number of halogens is 3. The molecule has 9 heteroatoms. The van der Waals surface area contributed by atoms with Gasteiger partial charge < -0.3 is 9.47 Å². The highest BCUT2D eigenvalue weighted by Gasteiger charge is 2.61. The van der Waals surface area contributed by atoms with Gasteiger partial charge in [-0.1, -0.05) is 24.3 Å². The van der Waals surface area contributed by atoms with Crippen LogP contribution in [0.15, 0.2) is 36.4 Å². The lowest BCUT2D eigenvalue weighted by molar-refractivity contribution is -0.274. The van der Waals surface area contributed by atoms with Crippen LogP contribution in [0.4, 0.5) is 13.2 Å². The average Bonchev–Trinajstić information content (AvgIpc) is 3.21. The van der Waals surface area contributed by atoms with Crippen molar-refractivity contribution in [2.45, 2.75) is 25.2 Å². The number of ether oxygens (including phenoxy) is 2. The molecule has 2 fully saturated rings. The number of amides is 2. The summed E-state index contributed by atoms with van der Waals surface area (Å²) in [6.45, 7) is -0.132. The van der Waals surface area contributed by atoms with Crippen LogP contribution >= 0.6 is 0 Å². The first-order valence-corrected chi connectivity index (χ1v) is 7.53. The molecule has 0 unspecified atom stereocenters. The van der Waals surface area contributed by atoms with Gasteiger partial charge in [-0.25, -0.2) is 0 Å². The Labute approximate surface area is 139 Å². The fraction of sp³-hybridized carbons (Fsp3) is 0.375. The molecule has 4 atom stereocenters. The molecule has 2 bridgehead atoms. The largest absolute Gasteiger partial charge is 0.573 e. The summed E-state index contributed by atoms with van der Waals surface area (Å²) in [5, 5.41) is 0.741. The molecule has 2 amide bonds. The second-order valence-electron chi connectivity index (χ2n) is 5.94. The van der Waals surface area contributed by atoms with Crippen molar-refractivity contribution in [3.63, 3.8) is 0 Å². The lowest BCUT2D eigenvalue weighted by Crippen LogP contribution is -2.34. The molecule has 1 aromatic rings. The monoisotopic (exact) mass is 355 g/mol. The Morgan fingerprint density at radius 3 is 2.08 bits per heavy atom. The molecule has 4 rings (SSSR count). The van der Waals surface area contributed by atoms with Crippen molar-refractivity contribution in [1.29, 1.82) is 0 Å². The van der Waals surface area contributed by atoms with Crippen LogP contribution in [-0.2, 0) is 25.8 Å². The summed E-state index contributed by atoms with van der Waals surface area (Å²) < 4.78 is 45.6. The Hall–Kier alpha value is -2.39. The molecule has 2 saturated heterocycles. The van der Waals surface area contributed by atoms with Crippen LogP contribution in [0.2, 0.25) is 0 Å². The van der Waals surface area contributed by atoms with Gasteiger partial charge in [0.25, 0.3) is 11.8 Å². The van der Waals surface area contributed by atoms with E-state index in [1.54, 1.807) is 12.2 Å². The number of alkyl halides is 3. The molecule has 1 aromatic carbocycles. The van der Waals surface area contributed by atoms with E-state index in [0.29, 0.717) is 5.56 Å². The van der Waals surface area contributed by atoms with Crippen molar-refractivity contribution >= 4 is 11.8 Å². The number of rotatable bonds is 4. The summed E-state index contributed by atoms with van der Waals surface area (Å²) in [4.78, 5) is 30.0. The fourth-order valence-electron chi connectivity index (χ4n) is 3.33. The summed E-state index contributed by atoms with van der Waals surface area (Å²) in [6, 6.07) is 4.99. The minimum Gasteiger partial charge on any atom is -0.406 e. The third kappa shape index (κ3) is 2.79. The van der Waals surface area contributed by atoms with Gasteiger partial charge in [0, 0.05) is 0 Å². The number of fused-ring (bicyclic) bond motifs is 5. The molecular formula is C16H12F3NO5. The number of hydroxylamine groups is 2. The zero-order valence-corrected chi connectivity index (χ0v) is 12.6. The second-order valence-corrected chi connectivity index (χ2v) is 5.94. The predicted molar refractivity (Wildman–Crippen MR) is 74.5 cm³/mol. The minimum atomic E-state index is -4.76. The molecule has 0 aromatic heterocycles. The van der Waals surface area contributed by atoms with Gasteiger partial charge in [-0.2, -0.15) is 5.06 Å². The molecule has 6 nitrogen and oxygen atoms in total. The highest BCUT2D eigenvalue weighted by Crippen LogP contribution is 2.45. The van der Waals surface area contributed by atoms with Gasteiger partial charge >= 0.3 is 6.36 Å². The third-order valence-electron chi connectivity index (χ3n) is 4.39. The molecule has 0 aliphatic carbocycles. The SMILES string of the molecule is O=C1[C@@H]2[C@H](C(=O)N1OCc1ccc(OC(F)(F)F)cc1)[C@@H]1C=C[C@@H]2O1. The summed E-state index contributed by atoms with van der Waals surface area (Å²) in [5.74, 6) is -2.40. The Balaban J connectivity index is 1.39. The maximum Gasteiger partial charge on any atom is 0.573 e. The molecule has 132 valence electrons. The zero-order chi connectivity index (χ0) is 17.8. The van der Waals surface area contributed by atoms with Gasteiger partial charge in [0.2, 0.25) is 0 Å². The molecular weight excluding hydrogens is 343 g/mol. The molecule has 25 heavy (non-hydrogen) atoms. The van der Waals surface area contributed by atoms with Crippen molar-refractivity contribution in [1.82, 2.24) is 5.06 Å². The first-order chi connectivity index (χ1) is 11.8. The summed E-state index contributed by atoms with van der Waals surface area (Å²) >= 11 is 0. The Bertz CT molecular complexity index is 715. The lowest BCUT2D eigenvalue weighted by atomic mass is 9.85. The molecule has 0 saturated carbocycles. The molecule has 0 spiro atoms. The van der Waals surface area contributed by atoms with Crippen LogP contribution in [0.5, 0.6) is 5.75 Å². The van der Waals surface area contributed by atoms with Crippen molar-refractivity contribution in [2.75, 3.05) is 0 Å². The van der Waals surface area contributed by atoms with E-state index >= 15 is 0 Å². The van der Waals surface area contributed by atoms with Crippen LogP contribution in [0.25, 0.3) is 0 Å². The molecule has 0 radical (unpaired) electrons. The number of carbonyl (C=O) groups excluding carboxylic acids is 2. The first-order valence-electron chi connectivity index (χ1n) is 7.53. The topological polar surface area (TPSA) is 65.1 Å². The van der Waals surface area contributed by atoms with E-state index < -0.39 is 42.2 Å². The highest BCUT2D eigenvalue weighted by molar-refractivity contribution is 6.05. The van der Waals surface area contributed by atoms with Gasteiger partial charge in [0.15, 0.2) is 0 Å². The maximum atomic E-state index is 12.3. The summed E-state index contributed by atoms with van der Waals surface area (Å²) in [5.41, 5.74) is 0.490. The van der Waals surface area contributed by atoms with Crippen LogP contribution in [0.1, 0.15) is 5.56 Å². The molecule has 3 aliphatic heterocycles. The Morgan fingerprint density at radius 1 is 1.00 bits per heavy atom. The van der Waals surface area contributed by atoms with Crippen LogP contribution in [0, 0.1) is 11.8 Å². The predicted octanol–water partition coefficient (Wildman–Crippen LogP) is 1.96. The normalized spacial score (nSPS) is 30.3.